The summed E-state index contributed by atoms with van der Waals surface area (Å²) in [6, 6.07) is 17.5. The molecule has 2 aromatic rings. The summed E-state index contributed by atoms with van der Waals surface area (Å²) in [5.74, 6) is 0. The molecular formula is C18H15ClN4. The van der Waals surface area contributed by atoms with E-state index >= 15 is 0 Å². The van der Waals surface area contributed by atoms with Crippen molar-refractivity contribution < 1.29 is 0 Å². The summed E-state index contributed by atoms with van der Waals surface area (Å²) in [6.45, 7) is 3.23. The summed E-state index contributed by atoms with van der Waals surface area (Å²) < 4.78 is 0. The Hall–Kier alpha value is -2.69. The molecule has 1 aliphatic heterocycles. The van der Waals surface area contributed by atoms with Crippen LogP contribution in [0.15, 0.2) is 42.5 Å². The third-order valence-corrected chi connectivity index (χ3v) is 4.30. The number of nitrogens with zero attached hydrogens (tertiary/aromatic N) is 4. The van der Waals surface area contributed by atoms with Crippen molar-refractivity contribution in [1.82, 2.24) is 0 Å². The van der Waals surface area contributed by atoms with E-state index in [1.165, 1.54) is 0 Å². The zero-order valence-electron chi connectivity index (χ0n) is 12.5. The van der Waals surface area contributed by atoms with Crippen LogP contribution < -0.4 is 9.80 Å². The van der Waals surface area contributed by atoms with Crippen molar-refractivity contribution in [1.29, 1.82) is 10.5 Å². The number of anilines is 2. The Kier molecular flexibility index (Phi) is 4.37. The molecule has 23 heavy (non-hydrogen) atoms. The monoisotopic (exact) mass is 322 g/mol. The van der Waals surface area contributed by atoms with E-state index < -0.39 is 0 Å². The SMILES string of the molecule is N#Cc1ccccc1N1CCN(c2ccc(Cl)cc2C#N)CC1. The van der Waals surface area contributed by atoms with Crippen LogP contribution in [0, 0.1) is 22.7 Å². The molecule has 0 N–H and O–H groups in total. The van der Waals surface area contributed by atoms with Crippen molar-refractivity contribution in [3.63, 3.8) is 0 Å². The van der Waals surface area contributed by atoms with Crippen molar-refractivity contribution in [2.24, 2.45) is 0 Å². The molecule has 1 heterocycles. The first-order valence-corrected chi connectivity index (χ1v) is 7.79. The number of para-hydroxylation sites is 1. The average Bonchev–Trinajstić information content (AvgIpc) is 2.61. The van der Waals surface area contributed by atoms with Gasteiger partial charge in [0.1, 0.15) is 12.1 Å². The number of hydrogen-bond donors (Lipinski definition) is 0. The molecule has 114 valence electrons. The Morgan fingerprint density at radius 3 is 1.96 bits per heavy atom. The summed E-state index contributed by atoms with van der Waals surface area (Å²) >= 11 is 5.96. The first-order chi connectivity index (χ1) is 11.2. The van der Waals surface area contributed by atoms with Crippen molar-refractivity contribution >= 4 is 23.0 Å². The minimum absolute atomic E-state index is 0.576. The van der Waals surface area contributed by atoms with E-state index in [0.29, 0.717) is 16.1 Å². The molecule has 2 aromatic carbocycles. The Bertz CT molecular complexity index is 795. The van der Waals surface area contributed by atoms with Gasteiger partial charge >= 0.3 is 0 Å². The summed E-state index contributed by atoms with van der Waals surface area (Å²) in [6.07, 6.45) is 0. The maximum Gasteiger partial charge on any atom is 0.101 e. The minimum Gasteiger partial charge on any atom is -0.367 e. The molecule has 0 spiro atoms. The van der Waals surface area contributed by atoms with Crippen LogP contribution in [0.1, 0.15) is 11.1 Å². The number of rotatable bonds is 2. The van der Waals surface area contributed by atoms with Crippen LogP contribution in [-0.2, 0) is 0 Å². The molecule has 0 bridgehead atoms. The Morgan fingerprint density at radius 1 is 0.783 bits per heavy atom. The fourth-order valence-corrected chi connectivity index (χ4v) is 3.08. The molecule has 0 atom stereocenters. The summed E-state index contributed by atoms with van der Waals surface area (Å²) in [5, 5.41) is 19.1. The molecule has 1 aliphatic rings. The van der Waals surface area contributed by atoms with Gasteiger partial charge in [0.25, 0.3) is 0 Å². The Morgan fingerprint density at radius 2 is 1.35 bits per heavy atom. The minimum atomic E-state index is 0.576. The van der Waals surface area contributed by atoms with Gasteiger partial charge in [0, 0.05) is 31.2 Å². The first-order valence-electron chi connectivity index (χ1n) is 7.41. The van der Waals surface area contributed by atoms with Crippen LogP contribution in [0.5, 0.6) is 0 Å². The highest BCUT2D eigenvalue weighted by Gasteiger charge is 2.21. The van der Waals surface area contributed by atoms with Gasteiger partial charge in [-0.1, -0.05) is 23.7 Å². The standard InChI is InChI=1S/C18H15ClN4/c19-16-5-6-18(15(11-16)13-21)23-9-7-22(8-10-23)17-4-2-1-3-14(17)12-20/h1-6,11H,7-10H2. The molecule has 0 aliphatic carbocycles. The smallest absolute Gasteiger partial charge is 0.101 e. The molecule has 3 rings (SSSR count). The molecule has 1 fully saturated rings. The van der Waals surface area contributed by atoms with Gasteiger partial charge in [0.15, 0.2) is 0 Å². The third-order valence-electron chi connectivity index (χ3n) is 4.06. The molecule has 0 saturated carbocycles. The summed E-state index contributed by atoms with van der Waals surface area (Å²) in [5.41, 5.74) is 3.20. The lowest BCUT2D eigenvalue weighted by Crippen LogP contribution is -2.47. The predicted molar refractivity (Wildman–Crippen MR) is 91.8 cm³/mol. The summed E-state index contributed by atoms with van der Waals surface area (Å²) in [7, 11) is 0. The van der Waals surface area contributed by atoms with E-state index in [2.05, 4.69) is 21.9 Å². The largest absolute Gasteiger partial charge is 0.367 e. The highest BCUT2D eigenvalue weighted by Crippen LogP contribution is 2.27. The molecule has 1 saturated heterocycles. The van der Waals surface area contributed by atoms with Gasteiger partial charge in [0.05, 0.1) is 22.5 Å². The van der Waals surface area contributed by atoms with Gasteiger partial charge in [-0.2, -0.15) is 10.5 Å². The number of hydrogen-bond acceptors (Lipinski definition) is 4. The Balaban J connectivity index is 1.77. The highest BCUT2D eigenvalue weighted by atomic mass is 35.5. The molecule has 0 unspecified atom stereocenters. The molecule has 4 nitrogen and oxygen atoms in total. The quantitative estimate of drug-likeness (QED) is 0.850. The zero-order chi connectivity index (χ0) is 16.2. The van der Waals surface area contributed by atoms with Crippen molar-refractivity contribution in [3.05, 3.63) is 58.6 Å². The fourth-order valence-electron chi connectivity index (χ4n) is 2.91. The number of nitriles is 2. The average molecular weight is 323 g/mol. The lowest BCUT2D eigenvalue weighted by atomic mass is 10.1. The summed E-state index contributed by atoms with van der Waals surface area (Å²) in [4.78, 5) is 4.41. The number of piperazine rings is 1. The van der Waals surface area contributed by atoms with Crippen LogP contribution in [0.4, 0.5) is 11.4 Å². The fraction of sp³-hybridized carbons (Fsp3) is 0.222. The van der Waals surface area contributed by atoms with E-state index in [-0.39, 0.29) is 0 Å². The van der Waals surface area contributed by atoms with Crippen molar-refractivity contribution in [3.8, 4) is 12.1 Å². The molecule has 0 amide bonds. The van der Waals surface area contributed by atoms with Gasteiger partial charge in [-0.3, -0.25) is 0 Å². The molecule has 0 radical (unpaired) electrons. The second kappa shape index (κ2) is 6.60. The van der Waals surface area contributed by atoms with Gasteiger partial charge in [-0.25, -0.2) is 0 Å². The normalized spacial score (nSPS) is 14.2. The maximum absolute atomic E-state index is 9.29. The molecule has 5 heteroatoms. The van der Waals surface area contributed by atoms with Gasteiger partial charge < -0.3 is 9.80 Å². The van der Waals surface area contributed by atoms with Crippen LogP contribution >= 0.6 is 11.6 Å². The van der Waals surface area contributed by atoms with Gasteiger partial charge in [-0.05, 0) is 30.3 Å². The van der Waals surface area contributed by atoms with Crippen LogP contribution in [-0.4, -0.2) is 26.2 Å². The Labute approximate surface area is 140 Å². The first kappa shape index (κ1) is 15.2. The second-order valence-electron chi connectivity index (χ2n) is 5.38. The second-order valence-corrected chi connectivity index (χ2v) is 5.81. The van der Waals surface area contributed by atoms with Crippen LogP contribution in [0.3, 0.4) is 0 Å². The molecule has 0 aromatic heterocycles. The number of benzene rings is 2. The van der Waals surface area contributed by atoms with Gasteiger partial charge in [-0.15, -0.1) is 0 Å². The maximum atomic E-state index is 9.29. The predicted octanol–water partition coefficient (Wildman–Crippen LogP) is 3.41. The van der Waals surface area contributed by atoms with E-state index in [0.717, 1.165) is 37.6 Å². The van der Waals surface area contributed by atoms with Crippen molar-refractivity contribution in [2.45, 2.75) is 0 Å². The third kappa shape index (κ3) is 3.08. The highest BCUT2D eigenvalue weighted by molar-refractivity contribution is 6.30. The van der Waals surface area contributed by atoms with Crippen molar-refractivity contribution in [2.75, 3.05) is 36.0 Å². The van der Waals surface area contributed by atoms with Crippen LogP contribution in [0.2, 0.25) is 5.02 Å². The van der Waals surface area contributed by atoms with E-state index in [1.54, 1.807) is 6.07 Å². The van der Waals surface area contributed by atoms with Gasteiger partial charge in [0.2, 0.25) is 0 Å². The van der Waals surface area contributed by atoms with E-state index in [9.17, 15) is 10.5 Å². The lowest BCUT2D eigenvalue weighted by molar-refractivity contribution is 0.652. The van der Waals surface area contributed by atoms with E-state index in [1.807, 2.05) is 36.4 Å². The molecular weight excluding hydrogens is 308 g/mol. The van der Waals surface area contributed by atoms with Crippen LogP contribution in [0.25, 0.3) is 0 Å². The van der Waals surface area contributed by atoms with E-state index in [4.69, 9.17) is 11.6 Å². The zero-order valence-corrected chi connectivity index (χ0v) is 13.3. The lowest BCUT2D eigenvalue weighted by Gasteiger charge is -2.38. The topological polar surface area (TPSA) is 54.1 Å². The number of halogens is 1.